The molecule has 2 fully saturated rings. The minimum atomic E-state index is -0.403. The van der Waals surface area contributed by atoms with Crippen molar-refractivity contribution in [3.05, 3.63) is 48.3 Å². The van der Waals surface area contributed by atoms with Gasteiger partial charge in [-0.25, -0.2) is 4.39 Å². The highest BCUT2D eigenvalue weighted by atomic mass is 19.1. The molecule has 3 rings (SSSR count). The number of carbonyl (C=O) groups is 2. The largest absolute Gasteiger partial charge is 0.351 e. The summed E-state index contributed by atoms with van der Waals surface area (Å²) in [5.41, 5.74) is 0.375. The molecule has 1 aromatic carbocycles. The van der Waals surface area contributed by atoms with Crippen LogP contribution in [0.25, 0.3) is 0 Å². The summed E-state index contributed by atoms with van der Waals surface area (Å²) in [5.74, 6) is -0.116. The summed E-state index contributed by atoms with van der Waals surface area (Å²) in [7, 11) is 0. The summed E-state index contributed by atoms with van der Waals surface area (Å²) in [6.45, 7) is 6.55. The first-order valence-corrected chi connectivity index (χ1v) is 9.77. The van der Waals surface area contributed by atoms with Crippen molar-refractivity contribution in [3.63, 3.8) is 0 Å². The molecule has 1 aliphatic carbocycles. The van der Waals surface area contributed by atoms with Gasteiger partial charge >= 0.3 is 0 Å². The van der Waals surface area contributed by atoms with Gasteiger partial charge in [-0.2, -0.15) is 0 Å². The third-order valence-electron chi connectivity index (χ3n) is 5.60. The van der Waals surface area contributed by atoms with Crippen molar-refractivity contribution in [1.29, 1.82) is 0 Å². The molecule has 0 spiro atoms. The highest BCUT2D eigenvalue weighted by molar-refractivity contribution is 5.94. The normalized spacial score (nSPS) is 19.7. The van der Waals surface area contributed by atoms with E-state index < -0.39 is 5.82 Å². The molecule has 27 heavy (non-hydrogen) atoms. The van der Waals surface area contributed by atoms with Crippen LogP contribution in [0.5, 0.6) is 0 Å². The Morgan fingerprint density at radius 2 is 1.93 bits per heavy atom. The monoisotopic (exact) mass is 373 g/mol. The number of nitrogens with zero attached hydrogens (tertiary/aromatic N) is 2. The highest BCUT2D eigenvalue weighted by Crippen LogP contribution is 2.31. The summed E-state index contributed by atoms with van der Waals surface area (Å²) < 4.78 is 13.4. The van der Waals surface area contributed by atoms with Gasteiger partial charge in [0.2, 0.25) is 5.91 Å². The second-order valence-corrected chi connectivity index (χ2v) is 7.36. The van der Waals surface area contributed by atoms with Gasteiger partial charge in [-0.15, -0.1) is 6.58 Å². The molecule has 6 heteroatoms. The lowest BCUT2D eigenvalue weighted by Crippen LogP contribution is -2.58. The zero-order valence-corrected chi connectivity index (χ0v) is 15.7. The Balaban J connectivity index is 1.63. The Kier molecular flexibility index (Phi) is 6.61. The van der Waals surface area contributed by atoms with Crippen molar-refractivity contribution in [2.24, 2.45) is 5.92 Å². The van der Waals surface area contributed by atoms with Gasteiger partial charge in [0.15, 0.2) is 0 Å². The Labute approximate surface area is 160 Å². The lowest BCUT2D eigenvalue weighted by molar-refractivity contribution is -0.129. The zero-order valence-electron chi connectivity index (χ0n) is 15.7. The van der Waals surface area contributed by atoms with Gasteiger partial charge < -0.3 is 10.2 Å². The van der Waals surface area contributed by atoms with Crippen molar-refractivity contribution in [2.45, 2.75) is 31.7 Å². The number of piperazine rings is 1. The van der Waals surface area contributed by atoms with Crippen LogP contribution < -0.4 is 5.32 Å². The maximum absolute atomic E-state index is 13.4. The first-order valence-electron chi connectivity index (χ1n) is 9.77. The molecular weight excluding hydrogens is 345 g/mol. The van der Waals surface area contributed by atoms with E-state index in [9.17, 15) is 14.0 Å². The molecule has 1 saturated heterocycles. The lowest BCUT2D eigenvalue weighted by Gasteiger charge is -2.40. The number of benzene rings is 1. The van der Waals surface area contributed by atoms with Crippen molar-refractivity contribution >= 4 is 11.8 Å². The molecular formula is C21H28FN3O2. The van der Waals surface area contributed by atoms with Gasteiger partial charge in [-0.1, -0.05) is 25.0 Å². The quantitative estimate of drug-likeness (QED) is 0.780. The van der Waals surface area contributed by atoms with Crippen LogP contribution in [-0.2, 0) is 4.79 Å². The minimum Gasteiger partial charge on any atom is -0.351 e. The van der Waals surface area contributed by atoms with Crippen molar-refractivity contribution in [3.8, 4) is 0 Å². The van der Waals surface area contributed by atoms with E-state index in [0.717, 1.165) is 12.8 Å². The molecule has 0 radical (unpaired) electrons. The Morgan fingerprint density at radius 1 is 1.22 bits per heavy atom. The van der Waals surface area contributed by atoms with Crippen LogP contribution in [0.15, 0.2) is 36.9 Å². The van der Waals surface area contributed by atoms with E-state index in [0.29, 0.717) is 44.2 Å². The molecule has 1 saturated carbocycles. The standard InChI is InChI=1S/C21H28FN3O2/c1-2-10-23-20(26)19(16-6-3-4-7-16)24-11-13-25(14-12-24)21(27)17-8-5-9-18(22)15-17/h2,5,8-9,15-16,19H,1,3-4,6-7,10-14H2,(H,23,26)/t19-/m0/s1. The molecule has 1 heterocycles. The number of nitrogens with one attached hydrogen (secondary N) is 1. The minimum absolute atomic E-state index is 0.0618. The number of carbonyl (C=O) groups excluding carboxylic acids is 2. The van der Waals surface area contributed by atoms with Crippen molar-refractivity contribution in [1.82, 2.24) is 15.1 Å². The van der Waals surface area contributed by atoms with Crippen LogP contribution in [0.4, 0.5) is 4.39 Å². The summed E-state index contributed by atoms with van der Waals surface area (Å²) in [4.78, 5) is 29.3. The number of hydrogen-bond donors (Lipinski definition) is 1. The molecule has 1 aromatic rings. The van der Waals surface area contributed by atoms with E-state index in [-0.39, 0.29) is 17.9 Å². The van der Waals surface area contributed by atoms with E-state index in [1.54, 1.807) is 23.1 Å². The van der Waals surface area contributed by atoms with E-state index in [2.05, 4.69) is 16.8 Å². The van der Waals surface area contributed by atoms with Crippen LogP contribution in [0.1, 0.15) is 36.0 Å². The van der Waals surface area contributed by atoms with Crippen LogP contribution in [0, 0.1) is 11.7 Å². The summed E-state index contributed by atoms with van der Waals surface area (Å²) in [6.07, 6.45) is 6.20. The molecule has 1 N–H and O–H groups in total. The van der Waals surface area contributed by atoms with Crippen LogP contribution in [0.2, 0.25) is 0 Å². The fourth-order valence-electron chi connectivity index (χ4n) is 4.24. The van der Waals surface area contributed by atoms with Gasteiger partial charge in [-0.3, -0.25) is 14.5 Å². The summed E-state index contributed by atoms with van der Waals surface area (Å²) in [5, 5.41) is 2.95. The number of hydrogen-bond acceptors (Lipinski definition) is 3. The van der Waals surface area contributed by atoms with Crippen LogP contribution in [0.3, 0.4) is 0 Å². The molecule has 1 atom stereocenters. The lowest BCUT2D eigenvalue weighted by atomic mass is 9.95. The third kappa shape index (κ3) is 4.75. The van der Waals surface area contributed by atoms with E-state index in [4.69, 9.17) is 0 Å². The maximum atomic E-state index is 13.4. The number of halogens is 1. The molecule has 0 unspecified atom stereocenters. The highest BCUT2D eigenvalue weighted by Gasteiger charge is 2.37. The van der Waals surface area contributed by atoms with Crippen LogP contribution >= 0.6 is 0 Å². The van der Waals surface area contributed by atoms with Crippen molar-refractivity contribution in [2.75, 3.05) is 32.7 Å². The third-order valence-corrected chi connectivity index (χ3v) is 5.60. The van der Waals surface area contributed by atoms with Gasteiger partial charge in [-0.05, 0) is 37.0 Å². The molecule has 5 nitrogen and oxygen atoms in total. The van der Waals surface area contributed by atoms with E-state index >= 15 is 0 Å². The fourth-order valence-corrected chi connectivity index (χ4v) is 4.24. The SMILES string of the molecule is C=CCNC(=O)[C@H](C1CCCC1)N1CCN(C(=O)c2cccc(F)c2)CC1. The Morgan fingerprint density at radius 3 is 2.56 bits per heavy atom. The predicted octanol–water partition coefficient (Wildman–Crippen LogP) is 2.44. The maximum Gasteiger partial charge on any atom is 0.254 e. The molecule has 0 aromatic heterocycles. The average Bonchev–Trinajstić information content (AvgIpc) is 3.21. The fraction of sp³-hybridized carbons (Fsp3) is 0.524. The number of rotatable bonds is 6. The Bertz CT molecular complexity index is 680. The second kappa shape index (κ2) is 9.13. The van der Waals surface area contributed by atoms with Crippen molar-refractivity contribution < 1.29 is 14.0 Å². The average molecular weight is 373 g/mol. The first-order chi connectivity index (χ1) is 13.1. The van der Waals surface area contributed by atoms with Gasteiger partial charge in [0, 0.05) is 38.3 Å². The smallest absolute Gasteiger partial charge is 0.254 e. The molecule has 1 aliphatic heterocycles. The predicted molar refractivity (Wildman–Crippen MR) is 103 cm³/mol. The van der Waals surface area contributed by atoms with E-state index in [1.807, 2.05) is 0 Å². The molecule has 2 aliphatic rings. The van der Waals surface area contributed by atoms with Gasteiger partial charge in [0.25, 0.3) is 5.91 Å². The van der Waals surface area contributed by atoms with Gasteiger partial charge in [0.1, 0.15) is 5.82 Å². The van der Waals surface area contributed by atoms with Crippen LogP contribution in [-0.4, -0.2) is 60.4 Å². The topological polar surface area (TPSA) is 52.7 Å². The number of amides is 2. The molecule has 146 valence electrons. The van der Waals surface area contributed by atoms with Gasteiger partial charge in [0.05, 0.1) is 6.04 Å². The van der Waals surface area contributed by atoms with E-state index in [1.165, 1.54) is 25.0 Å². The zero-order chi connectivity index (χ0) is 19.2. The summed E-state index contributed by atoms with van der Waals surface area (Å²) in [6, 6.07) is 5.67. The summed E-state index contributed by atoms with van der Waals surface area (Å²) >= 11 is 0. The molecule has 0 bridgehead atoms. The molecule has 2 amide bonds. The second-order valence-electron chi connectivity index (χ2n) is 7.36. The Hall–Kier alpha value is -2.21. The first kappa shape index (κ1) is 19.5.